The first-order valence-electron chi connectivity index (χ1n) is 10.8. The average molecular weight is 400 g/mol. The molecular formula is C23H37N5O. The van der Waals surface area contributed by atoms with Crippen molar-refractivity contribution in [3.05, 3.63) is 52.8 Å². The van der Waals surface area contributed by atoms with Crippen molar-refractivity contribution in [2.75, 3.05) is 19.7 Å². The van der Waals surface area contributed by atoms with Gasteiger partial charge in [0.05, 0.1) is 25.5 Å². The summed E-state index contributed by atoms with van der Waals surface area (Å²) >= 11 is 0. The van der Waals surface area contributed by atoms with Crippen LogP contribution in [0, 0.1) is 5.92 Å². The van der Waals surface area contributed by atoms with Crippen LogP contribution in [0.2, 0.25) is 0 Å². The van der Waals surface area contributed by atoms with Gasteiger partial charge in [-0.1, -0.05) is 51.1 Å². The molecule has 0 radical (unpaired) electrons. The first-order valence-corrected chi connectivity index (χ1v) is 10.8. The van der Waals surface area contributed by atoms with E-state index >= 15 is 0 Å². The van der Waals surface area contributed by atoms with E-state index in [0.29, 0.717) is 25.7 Å². The number of hydrogen-bond acceptors (Lipinski definition) is 3. The summed E-state index contributed by atoms with van der Waals surface area (Å²) in [7, 11) is 2.02. The van der Waals surface area contributed by atoms with Gasteiger partial charge in [-0.25, -0.2) is 4.99 Å². The molecule has 6 heteroatoms. The summed E-state index contributed by atoms with van der Waals surface area (Å²) < 4.78 is 7.85. The minimum atomic E-state index is 0.387. The van der Waals surface area contributed by atoms with Crippen molar-refractivity contribution in [1.29, 1.82) is 0 Å². The Morgan fingerprint density at radius 2 is 1.90 bits per heavy atom. The lowest BCUT2D eigenvalue weighted by molar-refractivity contribution is 0.0931. The van der Waals surface area contributed by atoms with E-state index in [9.17, 15) is 0 Å². The maximum absolute atomic E-state index is 5.86. The summed E-state index contributed by atoms with van der Waals surface area (Å²) in [6.07, 6.45) is 1.90. The van der Waals surface area contributed by atoms with Gasteiger partial charge in [0.2, 0.25) is 0 Å². The number of aryl methyl sites for hydroxylation is 2. The van der Waals surface area contributed by atoms with Crippen molar-refractivity contribution in [2.45, 2.75) is 53.7 Å². The van der Waals surface area contributed by atoms with Gasteiger partial charge in [-0.3, -0.25) is 4.68 Å². The molecule has 29 heavy (non-hydrogen) atoms. The number of aromatic nitrogens is 2. The monoisotopic (exact) mass is 399 g/mol. The van der Waals surface area contributed by atoms with Gasteiger partial charge in [-0.15, -0.1) is 0 Å². The van der Waals surface area contributed by atoms with E-state index in [1.165, 1.54) is 16.8 Å². The maximum atomic E-state index is 5.86. The summed E-state index contributed by atoms with van der Waals surface area (Å²) in [6.45, 7) is 12.3. The molecule has 2 aromatic rings. The maximum Gasteiger partial charge on any atom is 0.191 e. The van der Waals surface area contributed by atoms with Crippen LogP contribution < -0.4 is 10.6 Å². The topological polar surface area (TPSA) is 63.5 Å². The van der Waals surface area contributed by atoms with E-state index in [1.54, 1.807) is 0 Å². The fraction of sp³-hybridized carbons (Fsp3) is 0.565. The van der Waals surface area contributed by atoms with Crippen LogP contribution in [0.5, 0.6) is 0 Å². The van der Waals surface area contributed by atoms with Gasteiger partial charge >= 0.3 is 0 Å². The Morgan fingerprint density at radius 3 is 2.55 bits per heavy atom. The highest BCUT2D eigenvalue weighted by Crippen LogP contribution is 2.16. The number of aliphatic imine (C=N–C) groups is 1. The quantitative estimate of drug-likeness (QED) is 0.449. The van der Waals surface area contributed by atoms with Crippen LogP contribution >= 0.6 is 0 Å². The molecule has 0 saturated carbocycles. The summed E-state index contributed by atoms with van der Waals surface area (Å²) in [6, 6.07) is 10.3. The number of hydrogen-bond donors (Lipinski definition) is 2. The highest BCUT2D eigenvalue weighted by Gasteiger charge is 2.13. The Hall–Kier alpha value is -2.34. The standard InChI is InChI=1S/C23H37N5O/c1-6-21-20(22(7-2)28(5)27-21)15-26-23(24-8-3)25-14-18(4)16-29-17-19-12-10-9-11-13-19/h9-13,18H,6-8,14-17H2,1-5H3,(H2,24,25,26). The van der Waals surface area contributed by atoms with Gasteiger partial charge in [-0.05, 0) is 31.2 Å². The second-order valence-corrected chi connectivity index (χ2v) is 7.38. The summed E-state index contributed by atoms with van der Waals surface area (Å²) in [5, 5.41) is 11.4. The molecule has 0 aliphatic carbocycles. The number of ether oxygens (including phenoxy) is 1. The van der Waals surface area contributed by atoms with Crippen LogP contribution in [-0.4, -0.2) is 35.4 Å². The number of nitrogens with one attached hydrogen (secondary N) is 2. The van der Waals surface area contributed by atoms with E-state index < -0.39 is 0 Å². The third kappa shape index (κ3) is 7.20. The average Bonchev–Trinajstić information content (AvgIpc) is 3.05. The van der Waals surface area contributed by atoms with E-state index in [0.717, 1.165) is 37.6 Å². The highest BCUT2D eigenvalue weighted by molar-refractivity contribution is 5.79. The Morgan fingerprint density at radius 1 is 1.14 bits per heavy atom. The number of guanidine groups is 1. The predicted octanol–water partition coefficient (Wildman–Crippen LogP) is 3.45. The third-order valence-corrected chi connectivity index (χ3v) is 4.90. The fourth-order valence-corrected chi connectivity index (χ4v) is 3.35. The zero-order valence-electron chi connectivity index (χ0n) is 18.7. The molecule has 0 spiro atoms. The molecule has 1 aromatic carbocycles. The van der Waals surface area contributed by atoms with Crippen LogP contribution in [-0.2, 0) is 37.8 Å². The molecule has 1 heterocycles. The molecule has 1 atom stereocenters. The number of rotatable bonds is 11. The second-order valence-electron chi connectivity index (χ2n) is 7.38. The normalized spacial score (nSPS) is 12.8. The molecular weight excluding hydrogens is 362 g/mol. The van der Waals surface area contributed by atoms with Crippen LogP contribution in [0.3, 0.4) is 0 Å². The molecule has 0 saturated heterocycles. The Kier molecular flexibility index (Phi) is 9.71. The lowest BCUT2D eigenvalue weighted by Crippen LogP contribution is -2.40. The third-order valence-electron chi connectivity index (χ3n) is 4.90. The van der Waals surface area contributed by atoms with Crippen LogP contribution in [0.15, 0.2) is 35.3 Å². The van der Waals surface area contributed by atoms with Gasteiger partial charge < -0.3 is 15.4 Å². The molecule has 0 aliphatic rings. The summed E-state index contributed by atoms with van der Waals surface area (Å²) in [4.78, 5) is 4.81. The molecule has 0 amide bonds. The molecule has 1 unspecified atom stereocenters. The zero-order chi connectivity index (χ0) is 21.1. The van der Waals surface area contributed by atoms with Crippen LogP contribution in [0.4, 0.5) is 0 Å². The number of benzene rings is 1. The van der Waals surface area contributed by atoms with Gasteiger partial charge in [0.1, 0.15) is 0 Å². The molecule has 2 N–H and O–H groups in total. The molecule has 160 valence electrons. The second kappa shape index (κ2) is 12.3. The van der Waals surface area contributed by atoms with Gasteiger partial charge in [0.15, 0.2) is 5.96 Å². The zero-order valence-corrected chi connectivity index (χ0v) is 18.7. The van der Waals surface area contributed by atoms with E-state index in [1.807, 2.05) is 29.9 Å². The van der Waals surface area contributed by atoms with Crippen molar-refractivity contribution in [2.24, 2.45) is 18.0 Å². The fourth-order valence-electron chi connectivity index (χ4n) is 3.35. The molecule has 6 nitrogen and oxygen atoms in total. The molecule has 0 aliphatic heterocycles. The Balaban J connectivity index is 1.87. The molecule has 0 fully saturated rings. The minimum absolute atomic E-state index is 0.387. The van der Waals surface area contributed by atoms with E-state index in [2.05, 4.69) is 55.6 Å². The van der Waals surface area contributed by atoms with Gasteiger partial charge in [0, 0.05) is 31.4 Å². The van der Waals surface area contributed by atoms with E-state index in [4.69, 9.17) is 9.73 Å². The smallest absolute Gasteiger partial charge is 0.191 e. The van der Waals surface area contributed by atoms with Crippen molar-refractivity contribution in [3.63, 3.8) is 0 Å². The lowest BCUT2D eigenvalue weighted by Gasteiger charge is -2.16. The van der Waals surface area contributed by atoms with Crippen molar-refractivity contribution in [3.8, 4) is 0 Å². The Labute approximate surface area is 175 Å². The first-order chi connectivity index (χ1) is 14.1. The van der Waals surface area contributed by atoms with Crippen LogP contribution in [0.1, 0.15) is 50.2 Å². The molecule has 2 rings (SSSR count). The van der Waals surface area contributed by atoms with Crippen LogP contribution in [0.25, 0.3) is 0 Å². The van der Waals surface area contributed by atoms with Crippen molar-refractivity contribution in [1.82, 2.24) is 20.4 Å². The first kappa shape index (κ1) is 22.9. The largest absolute Gasteiger partial charge is 0.376 e. The lowest BCUT2D eigenvalue weighted by atomic mass is 10.1. The molecule has 0 bridgehead atoms. The SMILES string of the molecule is CCNC(=NCc1c(CC)nn(C)c1CC)NCC(C)COCc1ccccc1. The summed E-state index contributed by atoms with van der Waals surface area (Å²) in [5.41, 5.74) is 4.88. The highest BCUT2D eigenvalue weighted by atomic mass is 16.5. The van der Waals surface area contributed by atoms with Gasteiger partial charge in [0.25, 0.3) is 0 Å². The minimum Gasteiger partial charge on any atom is -0.376 e. The van der Waals surface area contributed by atoms with E-state index in [-0.39, 0.29) is 0 Å². The predicted molar refractivity (Wildman–Crippen MR) is 120 cm³/mol. The van der Waals surface area contributed by atoms with Crippen molar-refractivity contribution >= 4 is 5.96 Å². The van der Waals surface area contributed by atoms with Crippen molar-refractivity contribution < 1.29 is 4.74 Å². The Bertz CT molecular complexity index is 754. The molecule has 1 aromatic heterocycles. The number of nitrogens with zero attached hydrogens (tertiary/aromatic N) is 3. The summed E-state index contributed by atoms with van der Waals surface area (Å²) in [5.74, 6) is 1.23. The van der Waals surface area contributed by atoms with Gasteiger partial charge in [-0.2, -0.15) is 5.10 Å².